The Balaban J connectivity index is 1.86. The number of halogens is 1. The molecular formula is C16H21FN4. The molecule has 2 aromatic rings. The molecule has 3 rings (SSSR count). The molecular weight excluding hydrogens is 267 g/mol. The molecule has 0 atom stereocenters. The average Bonchev–Trinajstić information content (AvgIpc) is 2.80. The standard InChI is InChI=1S/C16H21FN4/c1-12(2)8-21-15(19-11-20-21)7-16(9-18-10-16)13-4-3-5-14(17)6-13/h3-6,11-12,18H,7-10H2,1-2H3. The van der Waals surface area contributed by atoms with E-state index < -0.39 is 0 Å². The molecule has 0 aliphatic carbocycles. The molecule has 1 fully saturated rings. The summed E-state index contributed by atoms with van der Waals surface area (Å²) in [5, 5.41) is 7.63. The van der Waals surface area contributed by atoms with Crippen molar-refractivity contribution in [3.05, 3.63) is 47.8 Å². The van der Waals surface area contributed by atoms with E-state index in [0.29, 0.717) is 5.92 Å². The van der Waals surface area contributed by atoms with Crippen LogP contribution >= 0.6 is 0 Å². The molecule has 0 unspecified atom stereocenters. The predicted octanol–water partition coefficient (Wildman–Crippen LogP) is 2.16. The first-order valence-corrected chi connectivity index (χ1v) is 7.42. The van der Waals surface area contributed by atoms with Gasteiger partial charge in [-0.25, -0.2) is 14.1 Å². The van der Waals surface area contributed by atoms with E-state index in [-0.39, 0.29) is 11.2 Å². The highest BCUT2D eigenvalue weighted by Crippen LogP contribution is 2.32. The Hall–Kier alpha value is -1.75. The molecule has 0 spiro atoms. The molecule has 1 aromatic heterocycles. The minimum absolute atomic E-state index is 0.0656. The lowest BCUT2D eigenvalue weighted by Gasteiger charge is -2.43. The van der Waals surface area contributed by atoms with Gasteiger partial charge in [-0.3, -0.25) is 0 Å². The van der Waals surface area contributed by atoms with E-state index in [1.165, 1.54) is 6.07 Å². The molecule has 112 valence electrons. The third kappa shape index (κ3) is 2.83. The van der Waals surface area contributed by atoms with Gasteiger partial charge in [0.1, 0.15) is 18.0 Å². The van der Waals surface area contributed by atoms with Gasteiger partial charge in [0.2, 0.25) is 0 Å². The van der Waals surface area contributed by atoms with Crippen LogP contribution in [0, 0.1) is 11.7 Å². The molecule has 4 nitrogen and oxygen atoms in total. The topological polar surface area (TPSA) is 42.7 Å². The maximum absolute atomic E-state index is 13.5. The number of nitrogens with zero attached hydrogens (tertiary/aromatic N) is 3. The van der Waals surface area contributed by atoms with Crippen molar-refractivity contribution >= 4 is 0 Å². The van der Waals surface area contributed by atoms with Gasteiger partial charge in [-0.2, -0.15) is 5.10 Å². The van der Waals surface area contributed by atoms with Gasteiger partial charge in [-0.15, -0.1) is 0 Å². The zero-order valence-corrected chi connectivity index (χ0v) is 12.5. The number of hydrogen-bond donors (Lipinski definition) is 1. The van der Waals surface area contributed by atoms with Crippen LogP contribution in [0.4, 0.5) is 4.39 Å². The van der Waals surface area contributed by atoms with E-state index in [9.17, 15) is 4.39 Å². The summed E-state index contributed by atoms with van der Waals surface area (Å²) in [4.78, 5) is 4.41. The quantitative estimate of drug-likeness (QED) is 0.917. The van der Waals surface area contributed by atoms with Crippen molar-refractivity contribution in [3.63, 3.8) is 0 Å². The number of aromatic nitrogens is 3. The lowest BCUT2D eigenvalue weighted by atomic mass is 9.72. The van der Waals surface area contributed by atoms with Crippen LogP contribution < -0.4 is 5.32 Å². The molecule has 5 heteroatoms. The van der Waals surface area contributed by atoms with Crippen LogP contribution in [0.15, 0.2) is 30.6 Å². The molecule has 1 saturated heterocycles. The van der Waals surface area contributed by atoms with Crippen LogP contribution in [0.3, 0.4) is 0 Å². The molecule has 21 heavy (non-hydrogen) atoms. The van der Waals surface area contributed by atoms with Gasteiger partial charge in [0, 0.05) is 31.5 Å². The van der Waals surface area contributed by atoms with E-state index in [0.717, 1.165) is 37.4 Å². The lowest BCUT2D eigenvalue weighted by Crippen LogP contribution is -2.58. The summed E-state index contributed by atoms with van der Waals surface area (Å²) >= 11 is 0. The molecule has 2 heterocycles. The van der Waals surface area contributed by atoms with Crippen molar-refractivity contribution in [2.45, 2.75) is 32.2 Å². The Labute approximate surface area is 124 Å². The minimum atomic E-state index is -0.178. The first kappa shape index (κ1) is 14.2. The Morgan fingerprint density at radius 2 is 2.19 bits per heavy atom. The summed E-state index contributed by atoms with van der Waals surface area (Å²) in [6.07, 6.45) is 2.40. The van der Waals surface area contributed by atoms with E-state index >= 15 is 0 Å². The van der Waals surface area contributed by atoms with Gasteiger partial charge in [0.15, 0.2) is 0 Å². The van der Waals surface area contributed by atoms with Crippen molar-refractivity contribution in [3.8, 4) is 0 Å². The maximum atomic E-state index is 13.5. The summed E-state index contributed by atoms with van der Waals surface area (Å²) < 4.78 is 15.5. The largest absolute Gasteiger partial charge is 0.315 e. The molecule has 0 amide bonds. The SMILES string of the molecule is CC(C)Cn1ncnc1CC1(c2cccc(F)c2)CNC1. The van der Waals surface area contributed by atoms with E-state index in [1.54, 1.807) is 18.5 Å². The molecule has 0 bridgehead atoms. The molecule has 1 aromatic carbocycles. The second-order valence-electron chi connectivity index (χ2n) is 6.32. The predicted molar refractivity (Wildman–Crippen MR) is 79.5 cm³/mol. The van der Waals surface area contributed by atoms with Crippen LogP contribution in [0.25, 0.3) is 0 Å². The fraction of sp³-hybridized carbons (Fsp3) is 0.500. The highest BCUT2D eigenvalue weighted by atomic mass is 19.1. The van der Waals surface area contributed by atoms with E-state index in [4.69, 9.17) is 0 Å². The summed E-state index contributed by atoms with van der Waals surface area (Å²) in [6, 6.07) is 6.92. The third-order valence-electron chi connectivity index (χ3n) is 4.09. The van der Waals surface area contributed by atoms with E-state index in [1.807, 2.05) is 10.7 Å². The zero-order valence-electron chi connectivity index (χ0n) is 12.5. The van der Waals surface area contributed by atoms with Crippen LogP contribution in [0.2, 0.25) is 0 Å². The molecule has 0 radical (unpaired) electrons. The second kappa shape index (κ2) is 5.56. The normalized spacial score (nSPS) is 17.0. The third-order valence-corrected chi connectivity index (χ3v) is 4.09. The van der Waals surface area contributed by atoms with Crippen LogP contribution in [-0.2, 0) is 18.4 Å². The monoisotopic (exact) mass is 288 g/mol. The van der Waals surface area contributed by atoms with E-state index in [2.05, 4.69) is 29.2 Å². The number of nitrogens with one attached hydrogen (secondary N) is 1. The van der Waals surface area contributed by atoms with Crippen molar-refractivity contribution in [2.75, 3.05) is 13.1 Å². The Morgan fingerprint density at radius 3 is 2.81 bits per heavy atom. The minimum Gasteiger partial charge on any atom is -0.315 e. The van der Waals surface area contributed by atoms with Gasteiger partial charge in [-0.1, -0.05) is 26.0 Å². The molecule has 0 saturated carbocycles. The summed E-state index contributed by atoms with van der Waals surface area (Å²) in [5.74, 6) is 1.33. The maximum Gasteiger partial charge on any atom is 0.138 e. The Kier molecular flexibility index (Phi) is 3.76. The van der Waals surface area contributed by atoms with Crippen molar-refractivity contribution in [2.24, 2.45) is 5.92 Å². The number of benzene rings is 1. The van der Waals surface area contributed by atoms with Crippen molar-refractivity contribution in [1.29, 1.82) is 0 Å². The molecule has 1 aliphatic rings. The molecule has 1 aliphatic heterocycles. The van der Waals surface area contributed by atoms with Gasteiger partial charge in [0.05, 0.1) is 0 Å². The van der Waals surface area contributed by atoms with Crippen LogP contribution in [0.5, 0.6) is 0 Å². The van der Waals surface area contributed by atoms with Crippen molar-refractivity contribution in [1.82, 2.24) is 20.1 Å². The number of hydrogen-bond acceptors (Lipinski definition) is 3. The fourth-order valence-electron chi connectivity index (χ4n) is 2.90. The Bertz CT molecular complexity index is 616. The van der Waals surface area contributed by atoms with Gasteiger partial charge < -0.3 is 5.32 Å². The fourth-order valence-corrected chi connectivity index (χ4v) is 2.90. The zero-order chi connectivity index (χ0) is 14.9. The summed E-state index contributed by atoms with van der Waals surface area (Å²) in [7, 11) is 0. The highest BCUT2D eigenvalue weighted by Gasteiger charge is 2.40. The first-order valence-electron chi connectivity index (χ1n) is 7.42. The van der Waals surface area contributed by atoms with Gasteiger partial charge in [-0.05, 0) is 23.6 Å². The summed E-state index contributed by atoms with van der Waals surface area (Å²) in [5.41, 5.74) is 0.976. The molecule has 1 N–H and O–H groups in total. The van der Waals surface area contributed by atoms with Gasteiger partial charge >= 0.3 is 0 Å². The number of rotatable bonds is 5. The van der Waals surface area contributed by atoms with Crippen LogP contribution in [0.1, 0.15) is 25.2 Å². The smallest absolute Gasteiger partial charge is 0.138 e. The highest BCUT2D eigenvalue weighted by molar-refractivity contribution is 5.31. The van der Waals surface area contributed by atoms with Gasteiger partial charge in [0.25, 0.3) is 0 Å². The average molecular weight is 288 g/mol. The lowest BCUT2D eigenvalue weighted by molar-refractivity contribution is 0.263. The Morgan fingerprint density at radius 1 is 1.38 bits per heavy atom. The summed E-state index contributed by atoms with van der Waals surface area (Å²) in [6.45, 7) is 6.90. The van der Waals surface area contributed by atoms with Crippen molar-refractivity contribution < 1.29 is 4.39 Å². The second-order valence-corrected chi connectivity index (χ2v) is 6.32. The van der Waals surface area contributed by atoms with Crippen LogP contribution in [-0.4, -0.2) is 27.9 Å². The first-order chi connectivity index (χ1) is 10.1.